The fraction of sp³-hybridized carbons (Fsp3) is 0.118. The van der Waals surface area contributed by atoms with Crippen molar-refractivity contribution in [2.24, 2.45) is 7.05 Å². The van der Waals surface area contributed by atoms with Gasteiger partial charge in [-0.3, -0.25) is 0 Å². The SMILES string of the molecule is Cc1ccc2c(c1)c(Cl)c1c3ccccc3nc-1n2C. The molecule has 0 aliphatic carbocycles. The first-order chi connectivity index (χ1) is 9.66. The number of fused-ring (bicyclic) bond motifs is 4. The van der Waals surface area contributed by atoms with Gasteiger partial charge in [0.05, 0.1) is 16.1 Å². The maximum atomic E-state index is 6.69. The van der Waals surface area contributed by atoms with Gasteiger partial charge in [0.1, 0.15) is 5.82 Å². The first-order valence-corrected chi connectivity index (χ1v) is 6.97. The average Bonchev–Trinajstić information content (AvgIpc) is 2.84. The van der Waals surface area contributed by atoms with Crippen LogP contribution in [0.4, 0.5) is 0 Å². The van der Waals surface area contributed by atoms with Crippen LogP contribution in [0.5, 0.6) is 0 Å². The number of halogens is 1. The van der Waals surface area contributed by atoms with E-state index >= 15 is 0 Å². The highest BCUT2D eigenvalue weighted by atomic mass is 35.5. The predicted molar refractivity (Wildman–Crippen MR) is 84.6 cm³/mol. The van der Waals surface area contributed by atoms with Crippen LogP contribution in [0, 0.1) is 6.92 Å². The number of pyridine rings is 1. The van der Waals surface area contributed by atoms with E-state index in [1.807, 2.05) is 25.2 Å². The van der Waals surface area contributed by atoms with Crippen LogP contribution in [0.2, 0.25) is 5.02 Å². The molecule has 0 amide bonds. The minimum Gasteiger partial charge on any atom is -0.328 e. The highest BCUT2D eigenvalue weighted by Crippen LogP contribution is 2.41. The first-order valence-electron chi connectivity index (χ1n) is 6.60. The van der Waals surface area contributed by atoms with E-state index in [0.29, 0.717) is 0 Å². The quantitative estimate of drug-likeness (QED) is 0.453. The number of aromatic nitrogens is 2. The zero-order valence-corrected chi connectivity index (χ0v) is 12.1. The number of rotatable bonds is 0. The summed E-state index contributed by atoms with van der Waals surface area (Å²) < 4.78 is 2.12. The van der Waals surface area contributed by atoms with Crippen molar-refractivity contribution in [2.45, 2.75) is 6.92 Å². The van der Waals surface area contributed by atoms with E-state index in [2.05, 4.69) is 35.8 Å². The summed E-state index contributed by atoms with van der Waals surface area (Å²) in [5.41, 5.74) is 4.35. The molecule has 2 aliphatic heterocycles. The van der Waals surface area contributed by atoms with E-state index in [1.54, 1.807) is 0 Å². The van der Waals surface area contributed by atoms with Gasteiger partial charge in [-0.15, -0.1) is 0 Å². The molecule has 0 radical (unpaired) electrons. The fourth-order valence-corrected chi connectivity index (χ4v) is 3.24. The van der Waals surface area contributed by atoms with Gasteiger partial charge in [0, 0.05) is 23.4 Å². The minimum absolute atomic E-state index is 0.797. The van der Waals surface area contributed by atoms with Gasteiger partial charge in [0.15, 0.2) is 0 Å². The van der Waals surface area contributed by atoms with E-state index in [-0.39, 0.29) is 0 Å². The van der Waals surface area contributed by atoms with E-state index in [0.717, 1.165) is 38.2 Å². The van der Waals surface area contributed by atoms with Crippen LogP contribution in [0.1, 0.15) is 5.56 Å². The lowest BCUT2D eigenvalue weighted by Gasteiger charge is -2.14. The first kappa shape index (κ1) is 11.7. The molecule has 0 N–H and O–H groups in total. The second-order valence-electron chi connectivity index (χ2n) is 5.22. The van der Waals surface area contributed by atoms with Crippen LogP contribution in [-0.2, 0) is 7.05 Å². The third-order valence-corrected chi connectivity index (χ3v) is 4.30. The van der Waals surface area contributed by atoms with Crippen LogP contribution in [0.15, 0.2) is 42.5 Å². The van der Waals surface area contributed by atoms with Gasteiger partial charge in [-0.2, -0.15) is 0 Å². The highest BCUT2D eigenvalue weighted by Gasteiger charge is 2.20. The summed E-state index contributed by atoms with van der Waals surface area (Å²) >= 11 is 6.69. The second kappa shape index (κ2) is 3.97. The zero-order chi connectivity index (χ0) is 13.9. The Bertz CT molecular complexity index is 937. The van der Waals surface area contributed by atoms with Gasteiger partial charge in [-0.05, 0) is 25.1 Å². The Balaban J connectivity index is 2.33. The van der Waals surface area contributed by atoms with Crippen molar-refractivity contribution in [3.05, 3.63) is 53.1 Å². The standard InChI is InChI=1S/C17H13ClN2/c1-10-7-8-14-12(9-10)16(18)15-11-5-3-4-6-13(11)19-17(15)20(14)2/h3-9H,1-2H3. The molecular weight excluding hydrogens is 268 g/mol. The number of para-hydroxylation sites is 1. The van der Waals surface area contributed by atoms with E-state index in [4.69, 9.17) is 16.6 Å². The van der Waals surface area contributed by atoms with Crippen LogP contribution in [0.3, 0.4) is 0 Å². The van der Waals surface area contributed by atoms with Crippen molar-refractivity contribution < 1.29 is 0 Å². The molecule has 3 heteroatoms. The summed E-state index contributed by atoms with van der Waals surface area (Å²) in [7, 11) is 2.04. The Kier molecular flexibility index (Phi) is 2.33. The van der Waals surface area contributed by atoms with Crippen LogP contribution < -0.4 is 0 Å². The number of benzene rings is 2. The Hall–Kier alpha value is -2.06. The molecule has 2 aromatic rings. The second-order valence-corrected chi connectivity index (χ2v) is 5.60. The van der Waals surface area contributed by atoms with Crippen molar-refractivity contribution in [3.8, 4) is 11.4 Å². The molecule has 0 aromatic heterocycles. The molecule has 98 valence electrons. The molecule has 0 fully saturated rings. The molecular formula is C17H13ClN2. The maximum Gasteiger partial charge on any atom is 0.142 e. The van der Waals surface area contributed by atoms with Crippen LogP contribution in [-0.4, -0.2) is 9.55 Å². The molecule has 0 bridgehead atoms. The average molecular weight is 281 g/mol. The maximum absolute atomic E-state index is 6.69. The van der Waals surface area contributed by atoms with Crippen molar-refractivity contribution in [1.82, 2.24) is 9.55 Å². The molecule has 0 spiro atoms. The van der Waals surface area contributed by atoms with E-state index in [9.17, 15) is 0 Å². The summed E-state index contributed by atoms with van der Waals surface area (Å²) in [5.74, 6) is 0.938. The summed E-state index contributed by atoms with van der Waals surface area (Å²) in [5, 5.41) is 3.00. The van der Waals surface area contributed by atoms with Crippen LogP contribution in [0.25, 0.3) is 33.2 Å². The number of hydrogen-bond donors (Lipinski definition) is 0. The Morgan fingerprint density at radius 1 is 1.05 bits per heavy atom. The van der Waals surface area contributed by atoms with Crippen LogP contribution >= 0.6 is 11.6 Å². The summed E-state index contributed by atoms with van der Waals surface area (Å²) in [6, 6.07) is 14.5. The zero-order valence-electron chi connectivity index (χ0n) is 11.3. The number of aryl methyl sites for hydroxylation is 2. The highest BCUT2D eigenvalue weighted by molar-refractivity contribution is 6.39. The van der Waals surface area contributed by atoms with Gasteiger partial charge in [0.25, 0.3) is 0 Å². The topological polar surface area (TPSA) is 17.8 Å². The smallest absolute Gasteiger partial charge is 0.142 e. The van der Waals surface area contributed by atoms with Crippen molar-refractivity contribution in [3.63, 3.8) is 0 Å². The van der Waals surface area contributed by atoms with Gasteiger partial charge in [0.2, 0.25) is 0 Å². The van der Waals surface area contributed by atoms with Crippen molar-refractivity contribution >= 4 is 33.4 Å². The largest absolute Gasteiger partial charge is 0.328 e. The molecule has 0 saturated heterocycles. The summed E-state index contributed by atoms with van der Waals surface area (Å²) in [6.07, 6.45) is 0. The molecule has 2 heterocycles. The van der Waals surface area contributed by atoms with Gasteiger partial charge < -0.3 is 4.57 Å². The van der Waals surface area contributed by atoms with Crippen molar-refractivity contribution in [2.75, 3.05) is 0 Å². The Morgan fingerprint density at radius 3 is 2.70 bits per heavy atom. The Morgan fingerprint density at radius 2 is 1.85 bits per heavy atom. The summed E-state index contributed by atoms with van der Waals surface area (Å²) in [6.45, 7) is 2.08. The molecule has 0 atom stereocenters. The van der Waals surface area contributed by atoms with E-state index < -0.39 is 0 Å². The normalized spacial score (nSPS) is 11.8. The Labute approximate surface area is 122 Å². The number of nitrogens with zero attached hydrogens (tertiary/aromatic N) is 2. The minimum atomic E-state index is 0.797. The van der Waals surface area contributed by atoms with E-state index in [1.165, 1.54) is 5.56 Å². The van der Waals surface area contributed by atoms with Gasteiger partial charge in [-0.25, -0.2) is 4.98 Å². The van der Waals surface area contributed by atoms with Gasteiger partial charge in [-0.1, -0.05) is 41.4 Å². The molecule has 0 unspecified atom stereocenters. The lowest BCUT2D eigenvalue weighted by Crippen LogP contribution is -2.00. The third-order valence-electron chi connectivity index (χ3n) is 3.91. The fourth-order valence-electron chi connectivity index (χ4n) is 2.90. The molecule has 2 aromatic carbocycles. The molecule has 0 saturated carbocycles. The predicted octanol–water partition coefficient (Wildman–Crippen LogP) is 4.79. The lowest BCUT2D eigenvalue weighted by molar-refractivity contribution is 0.939. The lowest BCUT2D eigenvalue weighted by atomic mass is 10.1. The van der Waals surface area contributed by atoms with Crippen molar-refractivity contribution in [1.29, 1.82) is 0 Å². The molecule has 20 heavy (non-hydrogen) atoms. The number of hydrogen-bond acceptors (Lipinski definition) is 1. The molecule has 2 nitrogen and oxygen atoms in total. The molecule has 4 rings (SSSR count). The summed E-state index contributed by atoms with van der Waals surface area (Å²) in [4.78, 5) is 4.73. The third kappa shape index (κ3) is 1.43. The van der Waals surface area contributed by atoms with Gasteiger partial charge >= 0.3 is 0 Å². The monoisotopic (exact) mass is 280 g/mol. The molecule has 2 aliphatic rings.